The van der Waals surface area contributed by atoms with Gasteiger partial charge in [-0.3, -0.25) is 14.0 Å². The van der Waals surface area contributed by atoms with Crippen LogP contribution in [0, 0.1) is 18.8 Å². The number of aliphatic imine (C=N–C) groups is 1. The molecule has 0 radical (unpaired) electrons. The second kappa shape index (κ2) is 8.34. The highest BCUT2D eigenvalue weighted by Gasteiger charge is 2.60. The van der Waals surface area contributed by atoms with E-state index in [9.17, 15) is 18.3 Å². The normalized spacial score (nSPS) is 28.0. The second-order valence-corrected chi connectivity index (χ2v) is 10.9. The van der Waals surface area contributed by atoms with Crippen LogP contribution in [0.15, 0.2) is 58.4 Å². The van der Waals surface area contributed by atoms with E-state index in [1.807, 2.05) is 25.1 Å². The van der Waals surface area contributed by atoms with E-state index in [0.717, 1.165) is 35.5 Å². The number of aryl methyl sites for hydroxylation is 1. The minimum atomic E-state index is -3.81. The summed E-state index contributed by atoms with van der Waals surface area (Å²) in [5.41, 5.74) is 3.36. The Hall–Kier alpha value is -2.55. The van der Waals surface area contributed by atoms with Gasteiger partial charge in [0.05, 0.1) is 28.5 Å². The molecule has 0 aromatic heterocycles. The maximum absolute atomic E-state index is 12.5. The van der Waals surface area contributed by atoms with Crippen molar-refractivity contribution in [2.45, 2.75) is 49.0 Å². The molecular weight excluding hydrogens is 440 g/mol. The zero-order valence-corrected chi connectivity index (χ0v) is 19.3. The summed E-state index contributed by atoms with van der Waals surface area (Å²) in [5.74, 6) is -1.38. The van der Waals surface area contributed by atoms with E-state index in [0.29, 0.717) is 19.3 Å². The quantitative estimate of drug-likeness (QED) is 0.475. The third-order valence-electron chi connectivity index (χ3n) is 7.40. The maximum atomic E-state index is 12.5. The van der Waals surface area contributed by atoms with Crippen LogP contribution in [0.25, 0.3) is 0 Å². The number of para-hydroxylation sites is 1. The molecule has 2 aromatic rings. The molecule has 4 atom stereocenters. The molecule has 2 aliphatic heterocycles. The van der Waals surface area contributed by atoms with Crippen LogP contribution < -0.4 is 5.32 Å². The van der Waals surface area contributed by atoms with Gasteiger partial charge in [-0.05, 0) is 68.8 Å². The summed E-state index contributed by atoms with van der Waals surface area (Å²) >= 11 is 0. The molecule has 2 aromatic carbocycles. The SMILES string of the molecule is Cc1ccc(S(=O)(=O)OCCCC2CC(C(=O)O)C3=Nc4ccccc4C34CCNC24)cc1. The second-order valence-electron chi connectivity index (χ2n) is 9.29. The van der Waals surface area contributed by atoms with Crippen molar-refractivity contribution in [3.05, 3.63) is 59.7 Å². The van der Waals surface area contributed by atoms with Crippen LogP contribution in [0.5, 0.6) is 0 Å². The molecule has 2 fully saturated rings. The van der Waals surface area contributed by atoms with Crippen molar-refractivity contribution in [2.24, 2.45) is 16.8 Å². The molecule has 1 spiro atoms. The fourth-order valence-electron chi connectivity index (χ4n) is 5.96. The topological polar surface area (TPSA) is 105 Å². The van der Waals surface area contributed by atoms with Gasteiger partial charge in [-0.1, -0.05) is 35.9 Å². The predicted octanol–water partition coefficient (Wildman–Crippen LogP) is 3.59. The molecule has 1 saturated carbocycles. The summed E-state index contributed by atoms with van der Waals surface area (Å²) in [5, 5.41) is 13.6. The van der Waals surface area contributed by atoms with Crippen molar-refractivity contribution in [3.8, 4) is 0 Å². The van der Waals surface area contributed by atoms with Crippen LogP contribution in [0.1, 0.15) is 36.8 Å². The highest BCUT2D eigenvalue weighted by molar-refractivity contribution is 7.86. The number of fused-ring (bicyclic) bond motifs is 1. The number of carboxylic acid groups (broad SMARTS) is 1. The molecule has 5 rings (SSSR count). The number of benzene rings is 2. The average molecular weight is 469 g/mol. The van der Waals surface area contributed by atoms with E-state index in [-0.39, 0.29) is 23.5 Å². The van der Waals surface area contributed by atoms with Crippen LogP contribution in [-0.2, 0) is 24.5 Å². The molecule has 3 aliphatic rings. The lowest BCUT2D eigenvalue weighted by molar-refractivity contribution is -0.140. The molecule has 1 saturated heterocycles. The molecule has 7 nitrogen and oxygen atoms in total. The molecule has 0 amide bonds. The van der Waals surface area contributed by atoms with Crippen LogP contribution in [0.2, 0.25) is 0 Å². The van der Waals surface area contributed by atoms with Crippen LogP contribution in [0.4, 0.5) is 5.69 Å². The first-order valence-corrected chi connectivity index (χ1v) is 12.8. The maximum Gasteiger partial charge on any atom is 0.312 e. The number of aliphatic carboxylic acids is 1. The molecule has 2 heterocycles. The van der Waals surface area contributed by atoms with Crippen molar-refractivity contribution in [3.63, 3.8) is 0 Å². The van der Waals surface area contributed by atoms with Crippen molar-refractivity contribution in [1.82, 2.24) is 5.32 Å². The first-order valence-electron chi connectivity index (χ1n) is 11.4. The van der Waals surface area contributed by atoms with Gasteiger partial charge in [-0.15, -0.1) is 0 Å². The highest BCUT2D eigenvalue weighted by Crippen LogP contribution is 2.55. The van der Waals surface area contributed by atoms with E-state index in [2.05, 4.69) is 11.4 Å². The Balaban J connectivity index is 1.32. The summed E-state index contributed by atoms with van der Waals surface area (Å²) in [6, 6.07) is 14.6. The molecule has 174 valence electrons. The van der Waals surface area contributed by atoms with Gasteiger partial charge in [0.25, 0.3) is 10.1 Å². The van der Waals surface area contributed by atoms with Gasteiger partial charge in [-0.25, -0.2) is 0 Å². The number of nitrogens with one attached hydrogen (secondary N) is 1. The third-order valence-corrected chi connectivity index (χ3v) is 8.73. The monoisotopic (exact) mass is 468 g/mol. The van der Waals surface area contributed by atoms with Crippen LogP contribution >= 0.6 is 0 Å². The standard InChI is InChI=1S/C25H28N2O5S/c1-16-8-10-18(11-9-16)33(30,31)32-14-4-5-17-15-19(24(28)29)23-25(12-13-26-22(17)25)20-6-2-3-7-21(20)27-23/h2-3,6-11,17,19,22,26H,4-5,12-15H2,1H3,(H,28,29). The summed E-state index contributed by atoms with van der Waals surface area (Å²) < 4.78 is 30.2. The summed E-state index contributed by atoms with van der Waals surface area (Å²) in [6.07, 6.45) is 2.53. The van der Waals surface area contributed by atoms with Gasteiger partial charge < -0.3 is 10.4 Å². The molecule has 2 N–H and O–H groups in total. The summed E-state index contributed by atoms with van der Waals surface area (Å²) in [7, 11) is -3.81. The Bertz CT molecular complexity index is 1210. The lowest BCUT2D eigenvalue weighted by Gasteiger charge is -2.45. The number of carboxylic acids is 1. The first kappa shape index (κ1) is 22.3. The Morgan fingerprint density at radius 2 is 1.97 bits per heavy atom. The molecule has 33 heavy (non-hydrogen) atoms. The Morgan fingerprint density at radius 1 is 1.21 bits per heavy atom. The Kier molecular flexibility index (Phi) is 5.63. The van der Waals surface area contributed by atoms with E-state index in [1.54, 1.807) is 24.3 Å². The third kappa shape index (κ3) is 3.70. The van der Waals surface area contributed by atoms with Crippen molar-refractivity contribution in [1.29, 1.82) is 0 Å². The fourth-order valence-corrected chi connectivity index (χ4v) is 6.90. The average Bonchev–Trinajstić information content (AvgIpc) is 3.38. The van der Waals surface area contributed by atoms with Gasteiger partial charge in [0.1, 0.15) is 0 Å². The van der Waals surface area contributed by atoms with E-state index in [1.165, 1.54) is 0 Å². The Labute approximate surface area is 194 Å². The zero-order valence-electron chi connectivity index (χ0n) is 18.5. The molecule has 0 bridgehead atoms. The minimum Gasteiger partial charge on any atom is -0.481 e. The van der Waals surface area contributed by atoms with Crippen molar-refractivity contribution >= 4 is 27.5 Å². The van der Waals surface area contributed by atoms with Crippen molar-refractivity contribution < 1.29 is 22.5 Å². The molecular formula is C25H28N2O5S. The fraction of sp³-hybridized carbons (Fsp3) is 0.440. The van der Waals surface area contributed by atoms with E-state index < -0.39 is 27.4 Å². The smallest absolute Gasteiger partial charge is 0.312 e. The number of nitrogens with zero attached hydrogens (tertiary/aromatic N) is 1. The van der Waals surface area contributed by atoms with Crippen LogP contribution in [-0.4, -0.2) is 44.4 Å². The number of carbonyl (C=O) groups is 1. The van der Waals surface area contributed by atoms with Gasteiger partial charge in [0.15, 0.2) is 0 Å². The summed E-state index contributed by atoms with van der Waals surface area (Å²) in [4.78, 5) is 17.2. The van der Waals surface area contributed by atoms with Gasteiger partial charge in [-0.2, -0.15) is 8.42 Å². The Morgan fingerprint density at radius 3 is 2.73 bits per heavy atom. The lowest BCUT2D eigenvalue weighted by Crippen LogP contribution is -2.57. The van der Waals surface area contributed by atoms with E-state index in [4.69, 9.17) is 9.18 Å². The molecule has 1 aliphatic carbocycles. The first-order chi connectivity index (χ1) is 15.8. The lowest BCUT2D eigenvalue weighted by atomic mass is 9.58. The van der Waals surface area contributed by atoms with E-state index >= 15 is 0 Å². The predicted molar refractivity (Wildman–Crippen MR) is 124 cm³/mol. The minimum absolute atomic E-state index is 0.0711. The molecule has 8 heteroatoms. The zero-order chi connectivity index (χ0) is 23.2. The van der Waals surface area contributed by atoms with Gasteiger partial charge in [0.2, 0.25) is 0 Å². The molecule has 4 unspecified atom stereocenters. The number of hydrogen-bond acceptors (Lipinski definition) is 6. The van der Waals surface area contributed by atoms with Crippen LogP contribution in [0.3, 0.4) is 0 Å². The summed E-state index contributed by atoms with van der Waals surface area (Å²) in [6.45, 7) is 2.77. The van der Waals surface area contributed by atoms with Crippen molar-refractivity contribution in [2.75, 3.05) is 13.2 Å². The number of rotatable bonds is 7. The largest absolute Gasteiger partial charge is 0.481 e. The van der Waals surface area contributed by atoms with Gasteiger partial charge >= 0.3 is 5.97 Å². The highest BCUT2D eigenvalue weighted by atomic mass is 32.2. The van der Waals surface area contributed by atoms with Gasteiger partial charge in [0, 0.05) is 11.8 Å². The number of hydrogen-bond donors (Lipinski definition) is 2.